The van der Waals surface area contributed by atoms with Crippen molar-refractivity contribution in [2.45, 2.75) is 23.8 Å². The van der Waals surface area contributed by atoms with E-state index in [-0.39, 0.29) is 23.2 Å². The van der Waals surface area contributed by atoms with E-state index in [4.69, 9.17) is 9.47 Å². The van der Waals surface area contributed by atoms with Crippen LogP contribution in [0.1, 0.15) is 23.2 Å². The largest absolute Gasteiger partial charge is 0.459 e. The summed E-state index contributed by atoms with van der Waals surface area (Å²) in [7, 11) is -2.30. The molecule has 3 rings (SSSR count). The van der Waals surface area contributed by atoms with Crippen molar-refractivity contribution in [2.75, 3.05) is 24.6 Å². The number of hydrogen-bond donors (Lipinski definition) is 0. The van der Waals surface area contributed by atoms with Crippen LogP contribution in [0.25, 0.3) is 0 Å². The fourth-order valence-corrected chi connectivity index (χ4v) is 3.99. The second-order valence-corrected chi connectivity index (χ2v) is 8.04. The molecule has 0 aromatic heterocycles. The van der Waals surface area contributed by atoms with E-state index < -0.39 is 16.0 Å². The Bertz CT molecular complexity index is 861. The first kappa shape index (κ1) is 18.4. The van der Waals surface area contributed by atoms with Gasteiger partial charge in [-0.3, -0.25) is 4.31 Å². The van der Waals surface area contributed by atoms with Crippen LogP contribution in [0.5, 0.6) is 0 Å². The maximum absolute atomic E-state index is 12.8. The van der Waals surface area contributed by atoms with Gasteiger partial charge in [-0.2, -0.15) is 0 Å². The Morgan fingerprint density at radius 1 is 1.19 bits per heavy atom. The molecular weight excluding hydrogens is 354 g/mol. The van der Waals surface area contributed by atoms with E-state index in [9.17, 15) is 13.2 Å². The van der Waals surface area contributed by atoms with E-state index >= 15 is 0 Å². The van der Waals surface area contributed by atoms with E-state index in [1.54, 1.807) is 30.3 Å². The molecule has 2 aromatic carbocycles. The second kappa shape index (κ2) is 7.88. The molecule has 138 valence electrons. The average molecular weight is 375 g/mol. The van der Waals surface area contributed by atoms with Crippen LogP contribution >= 0.6 is 0 Å². The van der Waals surface area contributed by atoms with E-state index in [0.29, 0.717) is 12.3 Å². The molecule has 6 nitrogen and oxygen atoms in total. The van der Waals surface area contributed by atoms with Crippen LogP contribution in [0.2, 0.25) is 0 Å². The van der Waals surface area contributed by atoms with Gasteiger partial charge in [0.05, 0.1) is 22.3 Å². The smallest absolute Gasteiger partial charge is 0.338 e. The number of ether oxygens (including phenoxy) is 2. The number of anilines is 1. The summed E-state index contributed by atoms with van der Waals surface area (Å²) in [4.78, 5) is 12.3. The van der Waals surface area contributed by atoms with Crippen LogP contribution in [0.4, 0.5) is 5.69 Å². The SMILES string of the molecule is CN(c1ccccc1)S(=O)(=O)c1cccc(C(=O)OC[C@H]2CCCO2)c1. The minimum atomic E-state index is -3.78. The first-order chi connectivity index (χ1) is 12.5. The Balaban J connectivity index is 1.76. The van der Waals surface area contributed by atoms with Crippen LogP contribution in [0.15, 0.2) is 59.5 Å². The highest BCUT2D eigenvalue weighted by Gasteiger charge is 2.23. The summed E-state index contributed by atoms with van der Waals surface area (Å²) in [5, 5.41) is 0. The van der Waals surface area contributed by atoms with Crippen molar-refractivity contribution in [2.24, 2.45) is 0 Å². The molecule has 1 atom stereocenters. The summed E-state index contributed by atoms with van der Waals surface area (Å²) in [5.74, 6) is -0.556. The number of sulfonamides is 1. The van der Waals surface area contributed by atoms with Crippen LogP contribution in [-0.2, 0) is 19.5 Å². The van der Waals surface area contributed by atoms with Crippen LogP contribution in [0, 0.1) is 0 Å². The number of rotatable bonds is 6. The molecule has 0 saturated carbocycles. The number of benzene rings is 2. The third kappa shape index (κ3) is 4.05. The zero-order valence-electron chi connectivity index (χ0n) is 14.5. The van der Waals surface area contributed by atoms with Crippen molar-refractivity contribution in [3.8, 4) is 0 Å². The first-order valence-corrected chi connectivity index (χ1v) is 9.85. The third-order valence-electron chi connectivity index (χ3n) is 4.27. The van der Waals surface area contributed by atoms with E-state index in [0.717, 1.165) is 12.8 Å². The van der Waals surface area contributed by atoms with Gasteiger partial charge in [0.25, 0.3) is 10.0 Å². The van der Waals surface area contributed by atoms with E-state index in [1.807, 2.05) is 6.07 Å². The highest BCUT2D eigenvalue weighted by atomic mass is 32.2. The van der Waals surface area contributed by atoms with Gasteiger partial charge in [-0.05, 0) is 43.2 Å². The number of esters is 1. The molecule has 0 aliphatic carbocycles. The van der Waals surface area contributed by atoms with Crippen molar-refractivity contribution < 1.29 is 22.7 Å². The molecule has 0 N–H and O–H groups in total. The monoisotopic (exact) mass is 375 g/mol. The van der Waals surface area contributed by atoms with Gasteiger partial charge in [0.2, 0.25) is 0 Å². The Morgan fingerprint density at radius 2 is 1.96 bits per heavy atom. The molecule has 0 spiro atoms. The van der Waals surface area contributed by atoms with Crippen molar-refractivity contribution in [1.29, 1.82) is 0 Å². The van der Waals surface area contributed by atoms with Gasteiger partial charge in [-0.1, -0.05) is 24.3 Å². The highest BCUT2D eigenvalue weighted by Crippen LogP contribution is 2.22. The van der Waals surface area contributed by atoms with Crippen LogP contribution in [0.3, 0.4) is 0 Å². The summed E-state index contributed by atoms with van der Waals surface area (Å²) in [6.07, 6.45) is 1.75. The van der Waals surface area contributed by atoms with Crippen molar-refractivity contribution in [1.82, 2.24) is 0 Å². The minimum Gasteiger partial charge on any atom is -0.459 e. The zero-order chi connectivity index (χ0) is 18.6. The van der Waals surface area contributed by atoms with Gasteiger partial charge in [0, 0.05) is 13.7 Å². The lowest BCUT2D eigenvalue weighted by atomic mass is 10.2. The topological polar surface area (TPSA) is 72.9 Å². The van der Waals surface area contributed by atoms with Gasteiger partial charge in [-0.15, -0.1) is 0 Å². The fraction of sp³-hybridized carbons (Fsp3) is 0.316. The van der Waals surface area contributed by atoms with Gasteiger partial charge in [0.15, 0.2) is 0 Å². The molecule has 1 fully saturated rings. The number of carbonyl (C=O) groups is 1. The molecule has 0 bridgehead atoms. The summed E-state index contributed by atoms with van der Waals surface area (Å²) in [6, 6.07) is 14.6. The van der Waals surface area contributed by atoms with Crippen molar-refractivity contribution in [3.05, 3.63) is 60.2 Å². The Hall–Kier alpha value is -2.38. The first-order valence-electron chi connectivity index (χ1n) is 8.41. The average Bonchev–Trinajstić information content (AvgIpc) is 3.20. The summed E-state index contributed by atoms with van der Waals surface area (Å²) in [5.41, 5.74) is 0.740. The number of carbonyl (C=O) groups excluding carboxylic acids is 1. The Morgan fingerprint density at radius 3 is 2.65 bits per heavy atom. The standard InChI is InChI=1S/C19H21NO5S/c1-20(16-8-3-2-4-9-16)26(22,23)18-11-5-7-15(13-18)19(21)25-14-17-10-6-12-24-17/h2-5,7-9,11,13,17H,6,10,12,14H2,1H3/t17-/m1/s1. The molecule has 0 amide bonds. The van der Waals surface area contributed by atoms with Crippen molar-refractivity contribution in [3.63, 3.8) is 0 Å². The van der Waals surface area contributed by atoms with Gasteiger partial charge < -0.3 is 9.47 Å². The Kier molecular flexibility index (Phi) is 5.58. The predicted octanol–water partition coefficient (Wildman–Crippen LogP) is 2.85. The number of nitrogens with zero attached hydrogens (tertiary/aromatic N) is 1. The molecule has 7 heteroatoms. The third-order valence-corrected chi connectivity index (χ3v) is 6.05. The van der Waals surface area contributed by atoms with Crippen LogP contribution < -0.4 is 4.31 Å². The molecular formula is C19H21NO5S. The molecule has 1 aliphatic heterocycles. The predicted molar refractivity (Wildman–Crippen MR) is 97.7 cm³/mol. The molecule has 2 aromatic rings. The lowest BCUT2D eigenvalue weighted by Crippen LogP contribution is -2.26. The van der Waals surface area contributed by atoms with E-state index in [1.165, 1.54) is 29.6 Å². The molecule has 26 heavy (non-hydrogen) atoms. The second-order valence-electron chi connectivity index (χ2n) is 6.07. The minimum absolute atomic E-state index is 0.0374. The lowest BCUT2D eigenvalue weighted by molar-refractivity contribution is 0.0161. The number of para-hydroxylation sites is 1. The molecule has 1 saturated heterocycles. The zero-order valence-corrected chi connectivity index (χ0v) is 15.3. The van der Waals surface area contributed by atoms with Gasteiger partial charge in [0.1, 0.15) is 6.61 Å². The molecule has 1 heterocycles. The fourth-order valence-electron chi connectivity index (χ4n) is 2.75. The molecule has 0 radical (unpaired) electrons. The molecule has 1 aliphatic rings. The number of hydrogen-bond acceptors (Lipinski definition) is 5. The van der Waals surface area contributed by atoms with Crippen LogP contribution in [-0.4, -0.2) is 40.8 Å². The summed E-state index contributed by atoms with van der Waals surface area (Å²) < 4.78 is 37.5. The maximum atomic E-state index is 12.8. The maximum Gasteiger partial charge on any atom is 0.338 e. The van der Waals surface area contributed by atoms with Crippen molar-refractivity contribution >= 4 is 21.7 Å². The molecule has 0 unspecified atom stereocenters. The summed E-state index contributed by atoms with van der Waals surface area (Å²) in [6.45, 7) is 0.863. The van der Waals surface area contributed by atoms with E-state index in [2.05, 4.69) is 0 Å². The van der Waals surface area contributed by atoms with Gasteiger partial charge in [-0.25, -0.2) is 13.2 Å². The highest BCUT2D eigenvalue weighted by molar-refractivity contribution is 7.92. The summed E-state index contributed by atoms with van der Waals surface area (Å²) >= 11 is 0. The lowest BCUT2D eigenvalue weighted by Gasteiger charge is -2.19. The quantitative estimate of drug-likeness (QED) is 0.726. The van der Waals surface area contributed by atoms with Gasteiger partial charge >= 0.3 is 5.97 Å². The Labute approximate surface area is 153 Å². The normalized spacial score (nSPS) is 17.0.